The molecule has 1 aromatic heterocycles. The molecule has 166 valence electrons. The maximum Gasteiger partial charge on any atom is 0.0781 e. The Balaban J connectivity index is 1.58. The first-order valence-corrected chi connectivity index (χ1v) is 10.9. The number of anilines is 9. The molecule has 0 saturated heterocycles. The van der Waals surface area contributed by atoms with Crippen molar-refractivity contribution in [3.8, 4) is 11.3 Å². The molecule has 0 amide bonds. The fourth-order valence-electron chi connectivity index (χ4n) is 4.51. The van der Waals surface area contributed by atoms with E-state index in [1.807, 2.05) is 60.8 Å². The normalized spacial score (nSPS) is 12.2. The Bertz CT molecular complexity index is 1530. The topological polar surface area (TPSA) is 132 Å². The zero-order valence-corrected chi connectivity index (χ0v) is 18.3. The van der Waals surface area contributed by atoms with Gasteiger partial charge in [-0.1, -0.05) is 36.4 Å². The van der Waals surface area contributed by atoms with E-state index < -0.39 is 0 Å². The third-order valence-electron chi connectivity index (χ3n) is 6.21. The predicted octanol–water partition coefficient (Wildman–Crippen LogP) is 5.76. The van der Waals surface area contributed by atoms with E-state index in [1.54, 1.807) is 0 Å². The Morgan fingerprint density at radius 2 is 1.29 bits per heavy atom. The molecule has 7 heteroatoms. The molecular weight excluding hydrogens is 422 g/mol. The van der Waals surface area contributed by atoms with Gasteiger partial charge in [-0.15, -0.1) is 0 Å². The zero-order chi connectivity index (χ0) is 23.4. The Morgan fingerprint density at radius 3 is 2.00 bits per heavy atom. The summed E-state index contributed by atoms with van der Waals surface area (Å²) in [5.41, 5.74) is 32.9. The highest BCUT2D eigenvalue weighted by molar-refractivity contribution is 6.02. The number of benzene rings is 4. The van der Waals surface area contributed by atoms with E-state index in [1.165, 1.54) is 0 Å². The summed E-state index contributed by atoms with van der Waals surface area (Å²) in [7, 11) is 0. The van der Waals surface area contributed by atoms with E-state index in [2.05, 4.69) is 34.5 Å². The van der Waals surface area contributed by atoms with Crippen LogP contribution in [0.15, 0.2) is 85.1 Å². The predicted molar refractivity (Wildman–Crippen MR) is 143 cm³/mol. The van der Waals surface area contributed by atoms with Crippen LogP contribution in [0.4, 0.5) is 51.2 Å². The molecule has 0 unspecified atom stereocenters. The molecule has 0 saturated carbocycles. The molecule has 1 aliphatic heterocycles. The smallest absolute Gasteiger partial charge is 0.0781 e. The molecule has 1 aliphatic rings. The van der Waals surface area contributed by atoms with Crippen LogP contribution < -0.4 is 33.2 Å². The summed E-state index contributed by atoms with van der Waals surface area (Å²) in [4.78, 5) is 6.81. The maximum atomic E-state index is 6.21. The number of nitrogens with one attached hydrogen (secondary N) is 1. The van der Waals surface area contributed by atoms with Gasteiger partial charge in [0.1, 0.15) is 0 Å². The van der Waals surface area contributed by atoms with E-state index in [0.29, 0.717) is 22.7 Å². The lowest BCUT2D eigenvalue weighted by molar-refractivity contribution is 1.25. The second kappa shape index (κ2) is 7.31. The summed E-state index contributed by atoms with van der Waals surface area (Å²) in [6, 6.07) is 25.9. The number of hydrogen-bond donors (Lipinski definition) is 5. The maximum absolute atomic E-state index is 6.21. The Hall–Kier alpha value is -4.91. The number of aromatic nitrogens is 1. The van der Waals surface area contributed by atoms with Gasteiger partial charge >= 0.3 is 0 Å². The van der Waals surface area contributed by atoms with Gasteiger partial charge in [0.2, 0.25) is 0 Å². The van der Waals surface area contributed by atoms with Crippen LogP contribution in [0.1, 0.15) is 0 Å². The number of nitrogens with zero attached hydrogens (tertiary/aromatic N) is 2. The van der Waals surface area contributed by atoms with Gasteiger partial charge in [-0.25, -0.2) is 0 Å². The lowest BCUT2D eigenvalue weighted by Crippen LogP contribution is -2.19. The standard InChI is InChI=1S/C27H23N7/c28-19-11-23-25(13-21(19)30)34(26-14-22(31)20(29)12-24(26)33-23)17-6-3-5-16(10-17)27-18-7-2-1-4-15(18)8-9-32-27/h1-14,33H,28-31H2. The number of pyridine rings is 1. The highest BCUT2D eigenvalue weighted by atomic mass is 15.2. The molecule has 0 atom stereocenters. The van der Waals surface area contributed by atoms with Crippen molar-refractivity contribution in [2.24, 2.45) is 0 Å². The molecule has 6 rings (SSSR count). The molecule has 0 bridgehead atoms. The van der Waals surface area contributed by atoms with Gasteiger partial charge in [-0.2, -0.15) is 0 Å². The molecule has 0 fully saturated rings. The number of hydrogen-bond acceptors (Lipinski definition) is 7. The van der Waals surface area contributed by atoms with Crippen molar-refractivity contribution in [1.82, 2.24) is 4.98 Å². The number of rotatable bonds is 2. The molecule has 0 aliphatic carbocycles. The van der Waals surface area contributed by atoms with Crippen molar-refractivity contribution in [2.45, 2.75) is 0 Å². The lowest BCUT2D eigenvalue weighted by atomic mass is 10.0. The van der Waals surface area contributed by atoms with Crippen LogP contribution in [0.2, 0.25) is 0 Å². The largest absolute Gasteiger partial charge is 0.397 e. The highest BCUT2D eigenvalue weighted by Gasteiger charge is 2.26. The van der Waals surface area contributed by atoms with E-state index in [-0.39, 0.29) is 0 Å². The number of nitrogens with two attached hydrogens (primary N) is 4. The van der Waals surface area contributed by atoms with Crippen LogP contribution in [0.3, 0.4) is 0 Å². The van der Waals surface area contributed by atoms with Gasteiger partial charge in [0.25, 0.3) is 0 Å². The van der Waals surface area contributed by atoms with Crippen LogP contribution in [-0.2, 0) is 0 Å². The SMILES string of the molecule is Nc1cc2c(cc1N)N(c1cccc(-c3nccc4ccccc34)c1)c1cc(N)c(N)cc1N2. The van der Waals surface area contributed by atoms with E-state index in [4.69, 9.17) is 27.9 Å². The summed E-state index contributed by atoms with van der Waals surface area (Å²) in [5.74, 6) is 0. The van der Waals surface area contributed by atoms with Crippen LogP contribution in [0.25, 0.3) is 22.0 Å². The zero-order valence-electron chi connectivity index (χ0n) is 18.3. The molecule has 34 heavy (non-hydrogen) atoms. The monoisotopic (exact) mass is 445 g/mol. The fraction of sp³-hybridized carbons (Fsp3) is 0. The lowest BCUT2D eigenvalue weighted by Gasteiger charge is -2.35. The summed E-state index contributed by atoms with van der Waals surface area (Å²) in [6.45, 7) is 0. The first-order valence-electron chi connectivity index (χ1n) is 10.9. The first-order chi connectivity index (χ1) is 16.5. The van der Waals surface area contributed by atoms with Crippen molar-refractivity contribution < 1.29 is 0 Å². The quantitative estimate of drug-likeness (QED) is 0.214. The average molecular weight is 446 g/mol. The van der Waals surface area contributed by atoms with Crippen molar-refractivity contribution in [1.29, 1.82) is 0 Å². The van der Waals surface area contributed by atoms with E-state index >= 15 is 0 Å². The van der Waals surface area contributed by atoms with E-state index in [0.717, 1.165) is 50.5 Å². The van der Waals surface area contributed by atoms with Gasteiger partial charge in [-0.3, -0.25) is 4.98 Å². The minimum Gasteiger partial charge on any atom is -0.397 e. The van der Waals surface area contributed by atoms with Gasteiger partial charge in [0.05, 0.1) is 51.2 Å². The number of fused-ring (bicyclic) bond motifs is 3. The van der Waals surface area contributed by atoms with Gasteiger partial charge < -0.3 is 33.2 Å². The van der Waals surface area contributed by atoms with Crippen LogP contribution >= 0.6 is 0 Å². The minimum absolute atomic E-state index is 0.504. The first kappa shape index (κ1) is 19.8. The average Bonchev–Trinajstić information content (AvgIpc) is 2.84. The second-order valence-electron chi connectivity index (χ2n) is 8.39. The van der Waals surface area contributed by atoms with Gasteiger partial charge in [0, 0.05) is 22.8 Å². The molecule has 9 N–H and O–H groups in total. The van der Waals surface area contributed by atoms with Crippen LogP contribution in [0.5, 0.6) is 0 Å². The second-order valence-corrected chi connectivity index (χ2v) is 8.39. The summed E-state index contributed by atoms with van der Waals surface area (Å²) < 4.78 is 0. The minimum atomic E-state index is 0.504. The molecule has 4 aromatic carbocycles. The van der Waals surface area contributed by atoms with E-state index in [9.17, 15) is 0 Å². The van der Waals surface area contributed by atoms with Crippen LogP contribution in [-0.4, -0.2) is 4.98 Å². The summed E-state index contributed by atoms with van der Waals surface area (Å²) in [5, 5.41) is 5.66. The molecule has 5 aromatic rings. The Morgan fingerprint density at radius 1 is 0.647 bits per heavy atom. The van der Waals surface area contributed by atoms with Gasteiger partial charge in [-0.05, 0) is 47.9 Å². The third-order valence-corrected chi connectivity index (χ3v) is 6.21. The fourth-order valence-corrected chi connectivity index (χ4v) is 4.51. The molecular formula is C27H23N7. The molecule has 2 heterocycles. The summed E-state index contributed by atoms with van der Waals surface area (Å²) in [6.07, 6.45) is 1.84. The number of nitrogen functional groups attached to an aromatic ring is 4. The summed E-state index contributed by atoms with van der Waals surface area (Å²) >= 11 is 0. The Kier molecular flexibility index (Phi) is 4.25. The van der Waals surface area contributed by atoms with Crippen molar-refractivity contribution in [3.63, 3.8) is 0 Å². The highest BCUT2D eigenvalue weighted by Crippen LogP contribution is 2.51. The van der Waals surface area contributed by atoms with Gasteiger partial charge in [0.15, 0.2) is 0 Å². The molecule has 7 nitrogen and oxygen atoms in total. The Labute approximate surface area is 196 Å². The van der Waals surface area contributed by atoms with Crippen molar-refractivity contribution in [3.05, 3.63) is 85.1 Å². The molecule has 0 spiro atoms. The van der Waals surface area contributed by atoms with Crippen molar-refractivity contribution >= 4 is 62.0 Å². The molecule has 0 radical (unpaired) electrons. The van der Waals surface area contributed by atoms with Crippen LogP contribution in [0, 0.1) is 0 Å². The van der Waals surface area contributed by atoms with Crippen molar-refractivity contribution in [2.75, 3.05) is 33.2 Å². The third kappa shape index (κ3) is 3.02.